The Morgan fingerprint density at radius 1 is 1.44 bits per heavy atom. The van der Waals surface area contributed by atoms with Crippen LogP contribution in [0.1, 0.15) is 12.5 Å². The molecule has 0 aliphatic carbocycles. The number of hydrogen-bond donors (Lipinski definition) is 1. The fourth-order valence-electron chi connectivity index (χ4n) is 1.12. The molecule has 16 heavy (non-hydrogen) atoms. The van der Waals surface area contributed by atoms with Crippen molar-refractivity contribution >= 4 is 5.91 Å². The fraction of sp³-hybridized carbons (Fsp3) is 0.364. The average molecular weight is 229 g/mol. The molecule has 0 fully saturated rings. The highest BCUT2D eigenvalue weighted by atomic mass is 19.1. The molecule has 88 valence electrons. The van der Waals surface area contributed by atoms with Crippen LogP contribution in [0.3, 0.4) is 0 Å². The van der Waals surface area contributed by atoms with E-state index < -0.39 is 11.6 Å². The summed E-state index contributed by atoms with van der Waals surface area (Å²) < 4.78 is 30.8. The summed E-state index contributed by atoms with van der Waals surface area (Å²) >= 11 is 0. The Hall–Kier alpha value is -1.49. The van der Waals surface area contributed by atoms with E-state index in [0.717, 1.165) is 18.2 Å². The van der Waals surface area contributed by atoms with Gasteiger partial charge in [-0.15, -0.1) is 0 Å². The van der Waals surface area contributed by atoms with Crippen molar-refractivity contribution < 1.29 is 18.3 Å². The van der Waals surface area contributed by atoms with Gasteiger partial charge in [0, 0.05) is 18.7 Å². The molecule has 1 aromatic rings. The molecule has 0 aromatic heterocycles. The van der Waals surface area contributed by atoms with Crippen LogP contribution in [0.5, 0.6) is 0 Å². The zero-order valence-electron chi connectivity index (χ0n) is 8.93. The summed E-state index contributed by atoms with van der Waals surface area (Å²) in [6, 6.07) is 3.11. The summed E-state index contributed by atoms with van der Waals surface area (Å²) in [5.41, 5.74) is 0.116. The van der Waals surface area contributed by atoms with Crippen LogP contribution in [0.2, 0.25) is 0 Å². The van der Waals surface area contributed by atoms with Gasteiger partial charge in [0.05, 0.1) is 0 Å². The summed E-state index contributed by atoms with van der Waals surface area (Å²) in [6.45, 7) is 2.07. The van der Waals surface area contributed by atoms with Crippen molar-refractivity contribution in [3.63, 3.8) is 0 Å². The van der Waals surface area contributed by atoms with Gasteiger partial charge >= 0.3 is 0 Å². The van der Waals surface area contributed by atoms with Crippen LogP contribution in [0.15, 0.2) is 18.2 Å². The van der Waals surface area contributed by atoms with Gasteiger partial charge in [0.25, 0.3) is 0 Å². The Balaban J connectivity index is 2.47. The van der Waals surface area contributed by atoms with Crippen LogP contribution in [-0.4, -0.2) is 19.1 Å². The number of amides is 1. The van der Waals surface area contributed by atoms with Crippen LogP contribution in [0.4, 0.5) is 8.78 Å². The first-order chi connectivity index (χ1) is 7.63. The van der Waals surface area contributed by atoms with E-state index in [1.54, 1.807) is 6.92 Å². The maximum Gasteiger partial charge on any atom is 0.246 e. The Labute approximate surface area is 92.4 Å². The average Bonchev–Trinajstić information content (AvgIpc) is 2.27. The van der Waals surface area contributed by atoms with E-state index in [9.17, 15) is 13.6 Å². The fourth-order valence-corrected chi connectivity index (χ4v) is 1.12. The van der Waals surface area contributed by atoms with Gasteiger partial charge in [0.1, 0.15) is 18.2 Å². The van der Waals surface area contributed by atoms with Gasteiger partial charge in [-0.25, -0.2) is 8.78 Å². The highest BCUT2D eigenvalue weighted by molar-refractivity contribution is 5.77. The van der Waals surface area contributed by atoms with E-state index in [2.05, 4.69) is 5.32 Å². The lowest BCUT2D eigenvalue weighted by Gasteiger charge is -2.06. The van der Waals surface area contributed by atoms with Crippen LogP contribution in [0.25, 0.3) is 0 Å². The van der Waals surface area contributed by atoms with Crippen molar-refractivity contribution in [1.82, 2.24) is 5.32 Å². The largest absolute Gasteiger partial charge is 0.372 e. The molecule has 0 aliphatic heterocycles. The number of carbonyl (C=O) groups is 1. The van der Waals surface area contributed by atoms with E-state index >= 15 is 0 Å². The summed E-state index contributed by atoms with van der Waals surface area (Å²) in [6.07, 6.45) is 0. The van der Waals surface area contributed by atoms with Crippen molar-refractivity contribution in [1.29, 1.82) is 0 Å². The maximum absolute atomic E-state index is 13.1. The van der Waals surface area contributed by atoms with Gasteiger partial charge < -0.3 is 10.1 Å². The predicted molar refractivity (Wildman–Crippen MR) is 54.7 cm³/mol. The van der Waals surface area contributed by atoms with Crippen LogP contribution < -0.4 is 5.32 Å². The number of halogens is 2. The molecule has 1 rings (SSSR count). The molecule has 1 aromatic carbocycles. The summed E-state index contributed by atoms with van der Waals surface area (Å²) in [5, 5.41) is 2.43. The Morgan fingerprint density at radius 3 is 2.88 bits per heavy atom. The van der Waals surface area contributed by atoms with Gasteiger partial charge in [0.15, 0.2) is 0 Å². The minimum atomic E-state index is -0.543. The molecule has 1 amide bonds. The quantitative estimate of drug-likeness (QED) is 0.833. The predicted octanol–water partition coefficient (Wildman–Crippen LogP) is 1.62. The molecule has 3 nitrogen and oxygen atoms in total. The minimum Gasteiger partial charge on any atom is -0.372 e. The van der Waals surface area contributed by atoms with Crippen molar-refractivity contribution in [3.8, 4) is 0 Å². The van der Waals surface area contributed by atoms with Gasteiger partial charge in [-0.2, -0.15) is 0 Å². The molecule has 0 aliphatic rings. The highest BCUT2D eigenvalue weighted by Crippen LogP contribution is 2.08. The molecule has 0 atom stereocenters. The third-order valence-electron chi connectivity index (χ3n) is 1.92. The molecule has 0 bridgehead atoms. The van der Waals surface area contributed by atoms with E-state index in [-0.39, 0.29) is 24.6 Å². The Bertz CT molecular complexity index is 369. The molecule has 0 radical (unpaired) electrons. The first-order valence-corrected chi connectivity index (χ1v) is 4.92. The second-order valence-electron chi connectivity index (χ2n) is 3.15. The van der Waals surface area contributed by atoms with Gasteiger partial charge in [-0.05, 0) is 25.1 Å². The number of nitrogens with one attached hydrogen (secondary N) is 1. The summed E-state index contributed by atoms with van der Waals surface area (Å²) in [5.74, 6) is -1.43. The highest BCUT2D eigenvalue weighted by Gasteiger charge is 2.06. The second kappa shape index (κ2) is 6.17. The molecule has 0 saturated heterocycles. The van der Waals surface area contributed by atoms with Crippen molar-refractivity contribution in [2.24, 2.45) is 0 Å². The first kappa shape index (κ1) is 12.6. The topological polar surface area (TPSA) is 38.3 Å². The molecule has 1 N–H and O–H groups in total. The summed E-state index contributed by atoms with van der Waals surface area (Å²) in [7, 11) is 0. The van der Waals surface area contributed by atoms with Crippen molar-refractivity contribution in [2.75, 3.05) is 13.2 Å². The second-order valence-corrected chi connectivity index (χ2v) is 3.15. The number of carbonyl (C=O) groups excluding carboxylic acids is 1. The van der Waals surface area contributed by atoms with E-state index in [1.807, 2.05) is 0 Å². The lowest BCUT2D eigenvalue weighted by atomic mass is 10.2. The third-order valence-corrected chi connectivity index (χ3v) is 1.92. The smallest absolute Gasteiger partial charge is 0.246 e. The SMILES string of the molecule is CCOCC(=O)NCc1cc(F)ccc1F. The van der Waals surface area contributed by atoms with E-state index in [4.69, 9.17) is 4.74 Å². The number of hydrogen-bond acceptors (Lipinski definition) is 2. The molecule has 0 heterocycles. The number of benzene rings is 1. The van der Waals surface area contributed by atoms with Crippen molar-refractivity contribution in [3.05, 3.63) is 35.4 Å². The normalized spacial score (nSPS) is 10.2. The maximum atomic E-state index is 13.1. The molecular weight excluding hydrogens is 216 g/mol. The first-order valence-electron chi connectivity index (χ1n) is 4.92. The Morgan fingerprint density at radius 2 is 2.19 bits per heavy atom. The third kappa shape index (κ3) is 3.94. The van der Waals surface area contributed by atoms with Crippen LogP contribution in [-0.2, 0) is 16.1 Å². The standard InChI is InChI=1S/C11H13F2NO2/c1-2-16-7-11(15)14-6-8-5-9(12)3-4-10(8)13/h3-5H,2,6-7H2,1H3,(H,14,15). The van der Waals surface area contributed by atoms with E-state index in [1.165, 1.54) is 0 Å². The number of rotatable bonds is 5. The zero-order chi connectivity index (χ0) is 12.0. The number of ether oxygens (including phenoxy) is 1. The van der Waals surface area contributed by atoms with Gasteiger partial charge in [-0.1, -0.05) is 0 Å². The zero-order valence-corrected chi connectivity index (χ0v) is 8.93. The van der Waals surface area contributed by atoms with Gasteiger partial charge in [0.2, 0.25) is 5.91 Å². The van der Waals surface area contributed by atoms with E-state index in [0.29, 0.717) is 6.61 Å². The molecular formula is C11H13F2NO2. The molecule has 0 spiro atoms. The van der Waals surface area contributed by atoms with Crippen LogP contribution in [0, 0.1) is 11.6 Å². The Kier molecular flexibility index (Phi) is 4.85. The van der Waals surface area contributed by atoms with Crippen molar-refractivity contribution in [2.45, 2.75) is 13.5 Å². The minimum absolute atomic E-state index is 0.0461. The van der Waals surface area contributed by atoms with Crippen LogP contribution >= 0.6 is 0 Å². The lowest BCUT2D eigenvalue weighted by Crippen LogP contribution is -2.27. The van der Waals surface area contributed by atoms with Gasteiger partial charge in [-0.3, -0.25) is 4.79 Å². The molecule has 0 saturated carbocycles. The molecule has 0 unspecified atom stereocenters. The lowest BCUT2D eigenvalue weighted by molar-refractivity contribution is -0.125. The molecule has 5 heteroatoms. The summed E-state index contributed by atoms with van der Waals surface area (Å²) in [4.78, 5) is 11.1. The monoisotopic (exact) mass is 229 g/mol.